The van der Waals surface area contributed by atoms with Crippen molar-refractivity contribution >= 4 is 5.76 Å². The van der Waals surface area contributed by atoms with Crippen molar-refractivity contribution < 1.29 is 9.84 Å². The van der Waals surface area contributed by atoms with Crippen LogP contribution in [-0.2, 0) is 11.2 Å². The van der Waals surface area contributed by atoms with Crippen molar-refractivity contribution in [3.63, 3.8) is 0 Å². The fourth-order valence-corrected chi connectivity index (χ4v) is 1.38. The SMILES string of the molecule is C=C/C=C(\OC)c1ccc(CC)cc1O.CC. The number of hydrogen-bond acceptors (Lipinski definition) is 2. The van der Waals surface area contributed by atoms with Crippen LogP contribution in [0.25, 0.3) is 5.76 Å². The number of aromatic hydroxyl groups is 1. The maximum absolute atomic E-state index is 9.80. The number of allylic oxidation sites excluding steroid dienone is 2. The Morgan fingerprint density at radius 3 is 2.47 bits per heavy atom. The van der Waals surface area contributed by atoms with Crippen molar-refractivity contribution in [2.24, 2.45) is 0 Å². The van der Waals surface area contributed by atoms with Crippen molar-refractivity contribution in [2.75, 3.05) is 7.11 Å². The lowest BCUT2D eigenvalue weighted by Gasteiger charge is -2.09. The molecular formula is C15H22O2. The largest absolute Gasteiger partial charge is 0.507 e. The molecule has 0 aliphatic rings. The van der Waals surface area contributed by atoms with E-state index in [1.165, 1.54) is 0 Å². The van der Waals surface area contributed by atoms with E-state index in [-0.39, 0.29) is 5.75 Å². The van der Waals surface area contributed by atoms with Gasteiger partial charge in [-0.05, 0) is 30.2 Å². The third-order valence-corrected chi connectivity index (χ3v) is 2.22. The Morgan fingerprint density at radius 1 is 1.41 bits per heavy atom. The second-order valence-electron chi connectivity index (χ2n) is 3.18. The third-order valence-electron chi connectivity index (χ3n) is 2.22. The summed E-state index contributed by atoms with van der Waals surface area (Å²) in [4.78, 5) is 0. The quantitative estimate of drug-likeness (QED) is 0.626. The molecule has 94 valence electrons. The maximum atomic E-state index is 9.80. The Kier molecular flexibility index (Phi) is 7.61. The fraction of sp³-hybridized carbons (Fsp3) is 0.333. The summed E-state index contributed by atoms with van der Waals surface area (Å²) in [6, 6.07) is 5.59. The van der Waals surface area contributed by atoms with Gasteiger partial charge < -0.3 is 9.84 Å². The minimum absolute atomic E-state index is 0.240. The van der Waals surface area contributed by atoms with Crippen LogP contribution in [0.5, 0.6) is 5.75 Å². The molecule has 0 aliphatic heterocycles. The molecule has 1 aromatic carbocycles. The lowest BCUT2D eigenvalue weighted by Crippen LogP contribution is -1.89. The lowest BCUT2D eigenvalue weighted by molar-refractivity contribution is 0.366. The van der Waals surface area contributed by atoms with Crippen LogP contribution in [0.1, 0.15) is 31.9 Å². The predicted octanol–water partition coefficient (Wildman–Crippen LogP) is 4.15. The van der Waals surface area contributed by atoms with Crippen molar-refractivity contribution in [1.82, 2.24) is 0 Å². The van der Waals surface area contributed by atoms with Gasteiger partial charge in [-0.25, -0.2) is 0 Å². The van der Waals surface area contributed by atoms with E-state index in [9.17, 15) is 5.11 Å². The average molecular weight is 234 g/mol. The monoisotopic (exact) mass is 234 g/mol. The first-order valence-electron chi connectivity index (χ1n) is 5.91. The Bertz CT molecular complexity index is 379. The molecule has 2 nitrogen and oxygen atoms in total. The zero-order chi connectivity index (χ0) is 13.3. The summed E-state index contributed by atoms with van der Waals surface area (Å²) < 4.78 is 5.16. The van der Waals surface area contributed by atoms with E-state index >= 15 is 0 Å². The Hall–Kier alpha value is -1.70. The van der Waals surface area contributed by atoms with Crippen LogP contribution in [-0.4, -0.2) is 12.2 Å². The molecule has 17 heavy (non-hydrogen) atoms. The van der Waals surface area contributed by atoms with Crippen LogP contribution in [0.4, 0.5) is 0 Å². The van der Waals surface area contributed by atoms with E-state index < -0.39 is 0 Å². The number of aryl methyl sites for hydroxylation is 1. The molecule has 1 N–H and O–H groups in total. The number of phenolic OH excluding ortho intramolecular Hbond substituents is 1. The molecule has 0 unspecified atom stereocenters. The van der Waals surface area contributed by atoms with Gasteiger partial charge in [-0.3, -0.25) is 0 Å². The van der Waals surface area contributed by atoms with Gasteiger partial charge in [0, 0.05) is 0 Å². The number of hydrogen-bond donors (Lipinski definition) is 1. The predicted molar refractivity (Wildman–Crippen MR) is 74.0 cm³/mol. The minimum atomic E-state index is 0.240. The van der Waals surface area contributed by atoms with E-state index in [2.05, 4.69) is 6.58 Å². The average Bonchev–Trinajstić information content (AvgIpc) is 2.38. The van der Waals surface area contributed by atoms with E-state index in [1.54, 1.807) is 25.3 Å². The molecular weight excluding hydrogens is 212 g/mol. The van der Waals surface area contributed by atoms with E-state index in [4.69, 9.17) is 4.74 Å². The van der Waals surface area contributed by atoms with Gasteiger partial charge in [-0.15, -0.1) is 0 Å². The Balaban J connectivity index is 0.00000121. The highest BCUT2D eigenvalue weighted by Gasteiger charge is 2.06. The van der Waals surface area contributed by atoms with Crippen molar-refractivity contribution in [2.45, 2.75) is 27.2 Å². The first kappa shape index (κ1) is 15.3. The van der Waals surface area contributed by atoms with E-state index in [0.717, 1.165) is 12.0 Å². The summed E-state index contributed by atoms with van der Waals surface area (Å²) in [6.07, 6.45) is 4.26. The number of phenols is 1. The number of rotatable bonds is 4. The second-order valence-corrected chi connectivity index (χ2v) is 3.18. The van der Waals surface area contributed by atoms with Crippen LogP contribution in [0.3, 0.4) is 0 Å². The lowest BCUT2D eigenvalue weighted by atomic mass is 10.1. The molecule has 0 fully saturated rings. The smallest absolute Gasteiger partial charge is 0.129 e. The molecule has 2 heteroatoms. The zero-order valence-corrected chi connectivity index (χ0v) is 11.2. The highest BCUT2D eigenvalue weighted by atomic mass is 16.5. The molecule has 0 aliphatic carbocycles. The Morgan fingerprint density at radius 2 is 2.06 bits per heavy atom. The molecule has 0 saturated carbocycles. The van der Waals surface area contributed by atoms with Gasteiger partial charge in [0.1, 0.15) is 11.5 Å². The van der Waals surface area contributed by atoms with Crippen LogP contribution in [0, 0.1) is 0 Å². The molecule has 0 atom stereocenters. The van der Waals surface area contributed by atoms with Gasteiger partial charge in [0.05, 0.1) is 12.7 Å². The molecule has 0 radical (unpaired) electrons. The minimum Gasteiger partial charge on any atom is -0.507 e. The van der Waals surface area contributed by atoms with E-state index in [0.29, 0.717) is 11.3 Å². The van der Waals surface area contributed by atoms with Crippen molar-refractivity contribution in [1.29, 1.82) is 0 Å². The molecule has 1 rings (SSSR count). The highest BCUT2D eigenvalue weighted by molar-refractivity contribution is 5.67. The first-order valence-corrected chi connectivity index (χ1v) is 5.91. The van der Waals surface area contributed by atoms with Crippen molar-refractivity contribution in [3.8, 4) is 5.75 Å². The molecule has 0 amide bonds. The molecule has 0 bridgehead atoms. The number of benzene rings is 1. The standard InChI is InChI=1S/C13H16O2.C2H6/c1-4-6-13(15-3)11-8-7-10(5-2)9-12(11)14;1-2/h4,6-9,14H,1,5H2,2-3H3;1-2H3/b13-6-;. The van der Waals surface area contributed by atoms with Gasteiger partial charge in [0.15, 0.2) is 0 Å². The summed E-state index contributed by atoms with van der Waals surface area (Å²) in [5, 5.41) is 9.80. The first-order chi connectivity index (χ1) is 8.22. The van der Waals surface area contributed by atoms with Gasteiger partial charge >= 0.3 is 0 Å². The fourth-order valence-electron chi connectivity index (χ4n) is 1.38. The van der Waals surface area contributed by atoms with Crippen LogP contribution >= 0.6 is 0 Å². The highest BCUT2D eigenvalue weighted by Crippen LogP contribution is 2.26. The number of ether oxygens (including phenoxy) is 1. The van der Waals surface area contributed by atoms with Gasteiger partial charge in [0.25, 0.3) is 0 Å². The molecule has 0 spiro atoms. The second kappa shape index (κ2) is 8.45. The normalized spacial score (nSPS) is 10.2. The van der Waals surface area contributed by atoms with Crippen molar-refractivity contribution in [3.05, 3.63) is 48.1 Å². The summed E-state index contributed by atoms with van der Waals surface area (Å²) >= 11 is 0. The van der Waals surface area contributed by atoms with Gasteiger partial charge in [-0.1, -0.05) is 39.5 Å². The third kappa shape index (κ3) is 4.35. The maximum Gasteiger partial charge on any atom is 0.129 e. The van der Waals surface area contributed by atoms with Crippen LogP contribution < -0.4 is 0 Å². The van der Waals surface area contributed by atoms with Gasteiger partial charge in [-0.2, -0.15) is 0 Å². The summed E-state index contributed by atoms with van der Waals surface area (Å²) in [5.74, 6) is 0.856. The topological polar surface area (TPSA) is 29.5 Å². The van der Waals surface area contributed by atoms with Crippen LogP contribution in [0.15, 0.2) is 36.9 Å². The molecule has 0 saturated heterocycles. The molecule has 0 heterocycles. The summed E-state index contributed by atoms with van der Waals surface area (Å²) in [6.45, 7) is 9.65. The number of methoxy groups -OCH3 is 1. The zero-order valence-electron chi connectivity index (χ0n) is 11.2. The molecule has 0 aromatic heterocycles. The van der Waals surface area contributed by atoms with E-state index in [1.807, 2.05) is 32.9 Å². The summed E-state index contributed by atoms with van der Waals surface area (Å²) in [5.41, 5.74) is 1.79. The Labute approximate surface area is 104 Å². The summed E-state index contributed by atoms with van der Waals surface area (Å²) in [7, 11) is 1.57. The van der Waals surface area contributed by atoms with Crippen LogP contribution in [0.2, 0.25) is 0 Å². The van der Waals surface area contributed by atoms with Gasteiger partial charge in [0.2, 0.25) is 0 Å². The molecule has 1 aromatic rings.